The summed E-state index contributed by atoms with van der Waals surface area (Å²) < 4.78 is 44.9. The molecule has 8 nitrogen and oxygen atoms in total. The largest absolute Gasteiger partial charge is 0.452 e. The second kappa shape index (κ2) is 11.8. The summed E-state index contributed by atoms with van der Waals surface area (Å²) in [5.41, 5.74) is 1.12. The molecule has 0 bridgehead atoms. The molecule has 11 heteroatoms. The number of hydrogen-bond acceptors (Lipinski definition) is 5. The van der Waals surface area contributed by atoms with Crippen molar-refractivity contribution in [2.75, 3.05) is 20.3 Å². The van der Waals surface area contributed by atoms with Crippen molar-refractivity contribution in [2.45, 2.75) is 31.6 Å². The standard InChI is InChI=1S/C26H26F3N3O5/c1-17(33)31-14-21(19-11-7-4-8-12-19)32(25(36)22(31)16-37-2)15-23(34)30-20(24(35)26(27,28)29)13-18-9-5-3-6-10-18/h3-12,14,20,22H,13,15-16H2,1-2H3,(H,30,34)/t20-,22-/m0/s1. The molecule has 2 aromatic carbocycles. The van der Waals surface area contributed by atoms with E-state index in [1.54, 1.807) is 60.7 Å². The van der Waals surface area contributed by atoms with Gasteiger partial charge in [-0.2, -0.15) is 13.2 Å². The zero-order chi connectivity index (χ0) is 27.2. The molecular weight excluding hydrogens is 491 g/mol. The summed E-state index contributed by atoms with van der Waals surface area (Å²) in [5.74, 6) is -4.17. The van der Waals surface area contributed by atoms with Crippen LogP contribution in [0, 0.1) is 0 Å². The van der Waals surface area contributed by atoms with Gasteiger partial charge in [-0.3, -0.25) is 24.1 Å². The van der Waals surface area contributed by atoms with Crippen LogP contribution in [-0.4, -0.2) is 71.8 Å². The van der Waals surface area contributed by atoms with Crippen LogP contribution >= 0.6 is 0 Å². The Morgan fingerprint density at radius 2 is 1.62 bits per heavy atom. The number of nitrogens with zero attached hydrogens (tertiary/aromatic N) is 2. The van der Waals surface area contributed by atoms with Crippen LogP contribution in [0.15, 0.2) is 66.9 Å². The molecular formula is C26H26F3N3O5. The number of ketones is 1. The van der Waals surface area contributed by atoms with Crippen molar-refractivity contribution in [2.24, 2.45) is 0 Å². The molecule has 0 fully saturated rings. The topological polar surface area (TPSA) is 96.0 Å². The smallest absolute Gasteiger partial charge is 0.382 e. The maximum atomic E-state index is 13.4. The number of hydrogen-bond donors (Lipinski definition) is 1. The Bertz CT molecular complexity index is 1170. The lowest BCUT2D eigenvalue weighted by molar-refractivity contribution is -0.173. The third kappa shape index (κ3) is 6.82. The molecule has 1 N–H and O–H groups in total. The Hall–Kier alpha value is -3.99. The Labute approximate surface area is 211 Å². The van der Waals surface area contributed by atoms with Gasteiger partial charge in [0.2, 0.25) is 11.8 Å². The Kier molecular flexibility index (Phi) is 8.82. The maximum absolute atomic E-state index is 13.4. The number of rotatable bonds is 9. The van der Waals surface area contributed by atoms with Gasteiger partial charge in [-0.1, -0.05) is 60.7 Å². The molecule has 3 rings (SSSR count). The van der Waals surface area contributed by atoms with E-state index in [0.29, 0.717) is 11.1 Å². The molecule has 0 saturated heterocycles. The maximum Gasteiger partial charge on any atom is 0.452 e. The molecule has 1 aliphatic rings. The fraction of sp³-hybridized carbons (Fsp3) is 0.308. The van der Waals surface area contributed by atoms with Gasteiger partial charge in [-0.15, -0.1) is 0 Å². The lowest BCUT2D eigenvalue weighted by Gasteiger charge is -2.38. The number of carbonyl (C=O) groups excluding carboxylic acids is 4. The van der Waals surface area contributed by atoms with Gasteiger partial charge < -0.3 is 15.0 Å². The van der Waals surface area contributed by atoms with Crippen molar-refractivity contribution in [1.29, 1.82) is 0 Å². The van der Waals surface area contributed by atoms with Gasteiger partial charge in [-0.25, -0.2) is 0 Å². The molecule has 196 valence electrons. The minimum atomic E-state index is -5.17. The first-order valence-electron chi connectivity index (χ1n) is 11.3. The minimum absolute atomic E-state index is 0.168. The Morgan fingerprint density at radius 1 is 1.03 bits per heavy atom. The second-order valence-electron chi connectivity index (χ2n) is 8.37. The van der Waals surface area contributed by atoms with E-state index in [1.165, 1.54) is 25.1 Å². The number of halogens is 3. The van der Waals surface area contributed by atoms with E-state index < -0.39 is 48.3 Å². The molecule has 2 atom stereocenters. The van der Waals surface area contributed by atoms with Crippen LogP contribution in [0.4, 0.5) is 13.2 Å². The summed E-state index contributed by atoms with van der Waals surface area (Å²) in [6.07, 6.45) is -4.16. The van der Waals surface area contributed by atoms with Crippen LogP contribution in [0.1, 0.15) is 18.1 Å². The number of ether oxygens (including phenoxy) is 1. The lowest BCUT2D eigenvalue weighted by atomic mass is 10.0. The van der Waals surface area contributed by atoms with Gasteiger partial charge >= 0.3 is 6.18 Å². The quantitative estimate of drug-likeness (QED) is 0.552. The number of alkyl halides is 3. The highest BCUT2D eigenvalue weighted by molar-refractivity contribution is 6.00. The summed E-state index contributed by atoms with van der Waals surface area (Å²) in [6, 6.07) is 13.4. The van der Waals surface area contributed by atoms with Crippen LogP contribution in [-0.2, 0) is 30.3 Å². The van der Waals surface area contributed by atoms with Gasteiger partial charge in [0.15, 0.2) is 0 Å². The van der Waals surface area contributed by atoms with Gasteiger partial charge in [0.1, 0.15) is 18.6 Å². The average molecular weight is 518 g/mol. The summed E-state index contributed by atoms with van der Waals surface area (Å²) >= 11 is 0. The molecule has 0 spiro atoms. The van der Waals surface area contributed by atoms with Gasteiger partial charge in [0, 0.05) is 26.7 Å². The lowest BCUT2D eigenvalue weighted by Crippen LogP contribution is -2.57. The predicted molar refractivity (Wildman–Crippen MR) is 127 cm³/mol. The zero-order valence-corrected chi connectivity index (χ0v) is 20.2. The number of methoxy groups -OCH3 is 1. The number of amides is 3. The highest BCUT2D eigenvalue weighted by Gasteiger charge is 2.44. The molecule has 1 aliphatic heterocycles. The highest BCUT2D eigenvalue weighted by Crippen LogP contribution is 2.27. The zero-order valence-electron chi connectivity index (χ0n) is 20.2. The van der Waals surface area contributed by atoms with Crippen molar-refractivity contribution < 1.29 is 37.1 Å². The van der Waals surface area contributed by atoms with Crippen LogP contribution in [0.5, 0.6) is 0 Å². The molecule has 0 saturated carbocycles. The molecule has 0 unspecified atom stereocenters. The van der Waals surface area contributed by atoms with Crippen LogP contribution in [0.25, 0.3) is 5.70 Å². The van der Waals surface area contributed by atoms with Crippen LogP contribution in [0.3, 0.4) is 0 Å². The number of benzene rings is 2. The van der Waals surface area contributed by atoms with Crippen molar-refractivity contribution in [3.63, 3.8) is 0 Å². The first-order valence-corrected chi connectivity index (χ1v) is 11.3. The third-order valence-corrected chi connectivity index (χ3v) is 5.71. The van der Waals surface area contributed by atoms with Crippen molar-refractivity contribution in [3.8, 4) is 0 Å². The Morgan fingerprint density at radius 3 is 2.16 bits per heavy atom. The van der Waals surface area contributed by atoms with E-state index in [2.05, 4.69) is 5.32 Å². The van der Waals surface area contributed by atoms with Gasteiger partial charge in [0.25, 0.3) is 11.7 Å². The first kappa shape index (κ1) is 27.6. The normalized spacial score (nSPS) is 16.7. The summed E-state index contributed by atoms with van der Waals surface area (Å²) in [4.78, 5) is 53.0. The van der Waals surface area contributed by atoms with E-state index in [9.17, 15) is 32.3 Å². The van der Waals surface area contributed by atoms with Crippen molar-refractivity contribution in [1.82, 2.24) is 15.1 Å². The van der Waals surface area contributed by atoms with Crippen LogP contribution in [0.2, 0.25) is 0 Å². The number of Topliss-reactive ketones (excluding diaryl/α,β-unsaturated/α-hetero) is 1. The van der Waals surface area contributed by atoms with E-state index in [4.69, 9.17) is 4.74 Å². The highest BCUT2D eigenvalue weighted by atomic mass is 19.4. The third-order valence-electron chi connectivity index (χ3n) is 5.71. The molecule has 37 heavy (non-hydrogen) atoms. The predicted octanol–water partition coefficient (Wildman–Crippen LogP) is 2.55. The first-order chi connectivity index (χ1) is 17.5. The minimum Gasteiger partial charge on any atom is -0.382 e. The Balaban J connectivity index is 1.92. The molecule has 2 aromatic rings. The van der Waals surface area contributed by atoms with Crippen molar-refractivity contribution in [3.05, 3.63) is 78.0 Å². The van der Waals surface area contributed by atoms with Gasteiger partial charge in [0.05, 0.1) is 12.3 Å². The second-order valence-corrected chi connectivity index (χ2v) is 8.37. The molecule has 1 heterocycles. The van der Waals surface area contributed by atoms with E-state index in [1.807, 2.05) is 0 Å². The summed E-state index contributed by atoms with van der Waals surface area (Å²) in [5, 5.41) is 2.15. The molecule has 0 aromatic heterocycles. The van der Waals surface area contributed by atoms with Gasteiger partial charge in [-0.05, 0) is 11.1 Å². The average Bonchev–Trinajstić information content (AvgIpc) is 2.86. The SMILES string of the molecule is COC[C@H]1C(=O)N(CC(=O)N[C@@H](Cc2ccccc2)C(=O)C(F)(F)F)C(c2ccccc2)=CN1C(C)=O. The summed E-state index contributed by atoms with van der Waals surface area (Å²) in [6.45, 7) is 0.425. The number of carbonyl (C=O) groups is 4. The molecule has 3 amide bonds. The molecule has 0 aliphatic carbocycles. The number of nitrogens with one attached hydrogen (secondary N) is 1. The van der Waals surface area contributed by atoms with E-state index >= 15 is 0 Å². The monoisotopic (exact) mass is 517 g/mol. The molecule has 0 radical (unpaired) electrons. The van der Waals surface area contributed by atoms with Crippen molar-refractivity contribution >= 4 is 29.2 Å². The fourth-order valence-electron chi connectivity index (χ4n) is 3.97. The van der Waals surface area contributed by atoms with E-state index in [0.717, 1.165) is 4.90 Å². The van der Waals surface area contributed by atoms with E-state index in [-0.39, 0.29) is 18.7 Å². The summed E-state index contributed by atoms with van der Waals surface area (Å²) in [7, 11) is 1.34. The van der Waals surface area contributed by atoms with Crippen LogP contribution < -0.4 is 5.32 Å². The fourth-order valence-corrected chi connectivity index (χ4v) is 3.97.